The number of nitrogens with zero attached hydrogens (tertiary/aromatic N) is 2. The Bertz CT molecular complexity index is 527. The van der Waals surface area contributed by atoms with Crippen molar-refractivity contribution >= 4 is 0 Å². The van der Waals surface area contributed by atoms with Gasteiger partial charge in [0.2, 0.25) is 0 Å². The van der Waals surface area contributed by atoms with Gasteiger partial charge in [-0.25, -0.2) is 0 Å². The quantitative estimate of drug-likeness (QED) is 0.887. The number of furan rings is 1. The summed E-state index contributed by atoms with van der Waals surface area (Å²) >= 11 is 0. The third-order valence-electron chi connectivity index (χ3n) is 4.25. The van der Waals surface area contributed by atoms with Gasteiger partial charge in [0.1, 0.15) is 11.9 Å². The van der Waals surface area contributed by atoms with Crippen LogP contribution in [0.25, 0.3) is 0 Å². The standard InChI is InChI=1S/C17H22N2O2/c20-16(17-7-4-12-21-17)13-15-6-3-10-19(15)11-8-14-5-1-2-9-18-14/h1-2,4-5,7,9,12,15-16,20H,3,6,8,10-11,13H2. The minimum Gasteiger partial charge on any atom is -0.467 e. The maximum atomic E-state index is 10.2. The van der Waals surface area contributed by atoms with Crippen molar-refractivity contribution in [1.29, 1.82) is 0 Å². The molecule has 1 fully saturated rings. The summed E-state index contributed by atoms with van der Waals surface area (Å²) in [5.41, 5.74) is 1.13. The first kappa shape index (κ1) is 14.3. The van der Waals surface area contributed by atoms with Gasteiger partial charge in [-0.15, -0.1) is 0 Å². The molecule has 0 aromatic carbocycles. The largest absolute Gasteiger partial charge is 0.467 e. The molecule has 0 aliphatic carbocycles. The Morgan fingerprint density at radius 3 is 3.05 bits per heavy atom. The molecule has 0 bridgehead atoms. The predicted molar refractivity (Wildman–Crippen MR) is 80.8 cm³/mol. The second kappa shape index (κ2) is 6.87. The number of aromatic nitrogens is 1. The second-order valence-electron chi connectivity index (χ2n) is 5.67. The molecule has 4 nitrogen and oxygen atoms in total. The molecule has 21 heavy (non-hydrogen) atoms. The SMILES string of the molecule is OC(CC1CCCN1CCc1ccccn1)c1ccco1. The Balaban J connectivity index is 1.53. The number of aliphatic hydroxyl groups is 1. The van der Waals surface area contributed by atoms with Gasteiger partial charge in [-0.1, -0.05) is 6.07 Å². The van der Waals surface area contributed by atoms with E-state index in [9.17, 15) is 5.11 Å². The predicted octanol–water partition coefficient (Wildman–Crippen LogP) is 2.81. The molecular weight excluding hydrogens is 264 g/mol. The third kappa shape index (κ3) is 3.71. The number of aliphatic hydroxyl groups excluding tert-OH is 1. The van der Waals surface area contributed by atoms with Crippen LogP contribution in [0, 0.1) is 0 Å². The lowest BCUT2D eigenvalue weighted by Gasteiger charge is -2.25. The van der Waals surface area contributed by atoms with E-state index in [2.05, 4.69) is 16.0 Å². The highest BCUT2D eigenvalue weighted by Gasteiger charge is 2.27. The van der Waals surface area contributed by atoms with Crippen molar-refractivity contribution < 1.29 is 9.52 Å². The molecule has 2 atom stereocenters. The number of likely N-dealkylation sites (tertiary alicyclic amines) is 1. The normalized spacial score (nSPS) is 20.7. The first-order chi connectivity index (χ1) is 10.3. The van der Waals surface area contributed by atoms with Crippen molar-refractivity contribution in [2.24, 2.45) is 0 Å². The van der Waals surface area contributed by atoms with Crippen LogP contribution in [0.2, 0.25) is 0 Å². The molecule has 0 radical (unpaired) electrons. The summed E-state index contributed by atoms with van der Waals surface area (Å²) in [4.78, 5) is 6.85. The minimum atomic E-state index is -0.500. The highest BCUT2D eigenvalue weighted by atomic mass is 16.4. The molecular formula is C17H22N2O2. The van der Waals surface area contributed by atoms with E-state index in [1.807, 2.05) is 30.5 Å². The van der Waals surface area contributed by atoms with Crippen molar-refractivity contribution in [2.75, 3.05) is 13.1 Å². The van der Waals surface area contributed by atoms with Gasteiger partial charge in [-0.2, -0.15) is 0 Å². The summed E-state index contributed by atoms with van der Waals surface area (Å²) in [7, 11) is 0. The molecule has 0 saturated carbocycles. The monoisotopic (exact) mass is 286 g/mol. The van der Waals surface area contributed by atoms with Crippen LogP contribution in [0.4, 0.5) is 0 Å². The van der Waals surface area contributed by atoms with Crippen molar-refractivity contribution in [3.05, 3.63) is 54.2 Å². The van der Waals surface area contributed by atoms with Gasteiger partial charge in [0.25, 0.3) is 0 Å². The average molecular weight is 286 g/mol. The second-order valence-corrected chi connectivity index (χ2v) is 5.67. The molecule has 2 aromatic rings. The fourth-order valence-electron chi connectivity index (χ4n) is 3.12. The molecule has 4 heteroatoms. The highest BCUT2D eigenvalue weighted by Crippen LogP contribution is 2.27. The summed E-state index contributed by atoms with van der Waals surface area (Å²) in [6.07, 6.45) is 7.03. The summed E-state index contributed by atoms with van der Waals surface area (Å²) in [6, 6.07) is 10.2. The zero-order valence-corrected chi connectivity index (χ0v) is 12.2. The lowest BCUT2D eigenvalue weighted by Crippen LogP contribution is -2.32. The summed E-state index contributed by atoms with van der Waals surface area (Å²) in [5, 5.41) is 10.2. The van der Waals surface area contributed by atoms with Gasteiger partial charge >= 0.3 is 0 Å². The van der Waals surface area contributed by atoms with E-state index in [4.69, 9.17) is 4.42 Å². The topological polar surface area (TPSA) is 49.5 Å². The molecule has 2 aromatic heterocycles. The fourth-order valence-corrected chi connectivity index (χ4v) is 3.12. The molecule has 1 N–H and O–H groups in total. The van der Waals surface area contributed by atoms with Crippen molar-refractivity contribution in [2.45, 2.75) is 37.8 Å². The van der Waals surface area contributed by atoms with Gasteiger partial charge in [0.05, 0.1) is 6.26 Å². The van der Waals surface area contributed by atoms with Crippen molar-refractivity contribution in [3.63, 3.8) is 0 Å². The Labute approximate surface area is 125 Å². The van der Waals surface area contributed by atoms with Crippen LogP contribution in [0.15, 0.2) is 47.2 Å². The van der Waals surface area contributed by atoms with Gasteiger partial charge in [0, 0.05) is 30.9 Å². The molecule has 1 saturated heterocycles. The number of hydrogen-bond donors (Lipinski definition) is 1. The zero-order valence-electron chi connectivity index (χ0n) is 12.2. The molecule has 0 spiro atoms. The number of rotatable bonds is 6. The maximum absolute atomic E-state index is 10.2. The molecule has 0 amide bonds. The van der Waals surface area contributed by atoms with Crippen LogP contribution in [-0.2, 0) is 6.42 Å². The molecule has 3 heterocycles. The first-order valence-corrected chi connectivity index (χ1v) is 7.68. The lowest BCUT2D eigenvalue weighted by molar-refractivity contribution is 0.102. The van der Waals surface area contributed by atoms with Crippen LogP contribution in [0.5, 0.6) is 0 Å². The third-order valence-corrected chi connectivity index (χ3v) is 4.25. The molecule has 112 valence electrons. The minimum absolute atomic E-state index is 0.439. The summed E-state index contributed by atoms with van der Waals surface area (Å²) in [5.74, 6) is 0.673. The van der Waals surface area contributed by atoms with Crippen LogP contribution in [-0.4, -0.2) is 34.1 Å². The van der Waals surface area contributed by atoms with Crippen LogP contribution >= 0.6 is 0 Å². The van der Waals surface area contributed by atoms with Gasteiger partial charge in [-0.3, -0.25) is 9.88 Å². The van der Waals surface area contributed by atoms with E-state index in [0.29, 0.717) is 11.8 Å². The van der Waals surface area contributed by atoms with Crippen LogP contribution < -0.4 is 0 Å². The Morgan fingerprint density at radius 1 is 1.33 bits per heavy atom. The van der Waals surface area contributed by atoms with E-state index in [1.54, 1.807) is 6.26 Å². The van der Waals surface area contributed by atoms with Crippen molar-refractivity contribution in [1.82, 2.24) is 9.88 Å². The first-order valence-electron chi connectivity index (χ1n) is 7.68. The average Bonchev–Trinajstić information content (AvgIpc) is 3.18. The highest BCUT2D eigenvalue weighted by molar-refractivity contribution is 5.05. The maximum Gasteiger partial charge on any atom is 0.132 e. The van der Waals surface area contributed by atoms with E-state index in [0.717, 1.165) is 38.0 Å². The Hall–Kier alpha value is -1.65. The van der Waals surface area contributed by atoms with Crippen LogP contribution in [0.3, 0.4) is 0 Å². The van der Waals surface area contributed by atoms with Gasteiger partial charge < -0.3 is 9.52 Å². The van der Waals surface area contributed by atoms with Gasteiger partial charge in [0.15, 0.2) is 0 Å². The zero-order chi connectivity index (χ0) is 14.5. The molecule has 2 unspecified atom stereocenters. The molecule has 1 aliphatic heterocycles. The van der Waals surface area contributed by atoms with E-state index < -0.39 is 6.10 Å². The molecule has 1 aliphatic rings. The van der Waals surface area contributed by atoms with E-state index >= 15 is 0 Å². The van der Waals surface area contributed by atoms with Gasteiger partial charge in [-0.05, 0) is 50.1 Å². The summed E-state index contributed by atoms with van der Waals surface area (Å²) < 4.78 is 5.29. The summed E-state index contributed by atoms with van der Waals surface area (Å²) in [6.45, 7) is 2.12. The number of pyridine rings is 1. The van der Waals surface area contributed by atoms with E-state index in [1.165, 1.54) is 6.42 Å². The fraction of sp³-hybridized carbons (Fsp3) is 0.471. The Kier molecular flexibility index (Phi) is 4.68. The van der Waals surface area contributed by atoms with Crippen LogP contribution in [0.1, 0.15) is 36.8 Å². The Morgan fingerprint density at radius 2 is 2.29 bits per heavy atom. The lowest BCUT2D eigenvalue weighted by atomic mass is 10.0. The van der Waals surface area contributed by atoms with Crippen molar-refractivity contribution in [3.8, 4) is 0 Å². The number of hydrogen-bond acceptors (Lipinski definition) is 4. The smallest absolute Gasteiger partial charge is 0.132 e. The van der Waals surface area contributed by atoms with E-state index in [-0.39, 0.29) is 0 Å². The molecule has 3 rings (SSSR count).